The lowest BCUT2D eigenvalue weighted by atomic mass is 9.59. The summed E-state index contributed by atoms with van der Waals surface area (Å²) < 4.78 is 0. The van der Waals surface area contributed by atoms with Gasteiger partial charge in [-0.15, -0.1) is 0 Å². The molecule has 0 heterocycles. The van der Waals surface area contributed by atoms with Crippen LogP contribution in [0.15, 0.2) is 72.8 Å². The summed E-state index contributed by atoms with van der Waals surface area (Å²) in [7, 11) is 0. The minimum Gasteiger partial charge on any atom is -0.0616 e. The molecule has 1 aliphatic rings. The molecule has 0 aliphatic heterocycles. The van der Waals surface area contributed by atoms with Crippen molar-refractivity contribution in [2.45, 2.75) is 263 Å². The molecule has 7 rings (SSSR count). The van der Waals surface area contributed by atoms with Gasteiger partial charge in [-0.25, -0.2) is 0 Å². The van der Waals surface area contributed by atoms with Gasteiger partial charge in [-0.1, -0.05) is 267 Å². The summed E-state index contributed by atoms with van der Waals surface area (Å²) in [4.78, 5) is 0. The quantitative estimate of drug-likeness (QED) is 0.142. The molecule has 0 nitrogen and oxygen atoms in total. The van der Waals surface area contributed by atoms with E-state index in [0.717, 1.165) is 25.7 Å². The predicted molar refractivity (Wildman–Crippen MR) is 340 cm³/mol. The van der Waals surface area contributed by atoms with Gasteiger partial charge < -0.3 is 0 Å². The van der Waals surface area contributed by atoms with Crippen molar-refractivity contribution >= 4 is 0 Å². The zero-order valence-electron chi connectivity index (χ0n) is 53.8. The molecule has 408 valence electrons. The molecule has 0 bridgehead atoms. The Kier molecular flexibility index (Phi) is 15.2. The summed E-state index contributed by atoms with van der Waals surface area (Å²) in [5.74, 6) is 0. The Bertz CT molecular complexity index is 2990. The highest BCUT2D eigenvalue weighted by atomic mass is 14.5. The summed E-state index contributed by atoms with van der Waals surface area (Å²) in [5.41, 5.74) is 33.0. The van der Waals surface area contributed by atoms with Crippen molar-refractivity contribution in [2.75, 3.05) is 0 Å². The normalized spacial score (nSPS) is 13.7. The van der Waals surface area contributed by atoms with Crippen molar-refractivity contribution in [3.63, 3.8) is 0 Å². The molecule has 0 atom stereocenters. The van der Waals surface area contributed by atoms with Gasteiger partial charge in [0.05, 0.1) is 0 Å². The molecule has 6 aromatic rings. The first-order valence-electron chi connectivity index (χ1n) is 29.7. The second-order valence-electron chi connectivity index (χ2n) is 31.3. The van der Waals surface area contributed by atoms with Gasteiger partial charge >= 0.3 is 0 Å². The van der Waals surface area contributed by atoms with Crippen molar-refractivity contribution in [1.29, 1.82) is 0 Å². The molecular formula is C76H104. The van der Waals surface area contributed by atoms with Gasteiger partial charge in [-0.2, -0.15) is 0 Å². The van der Waals surface area contributed by atoms with Crippen LogP contribution in [-0.4, -0.2) is 0 Å². The lowest BCUT2D eigenvalue weighted by Crippen LogP contribution is -2.26. The maximum atomic E-state index is 2.57. The van der Waals surface area contributed by atoms with E-state index in [1.165, 1.54) is 134 Å². The van der Waals surface area contributed by atoms with Crippen molar-refractivity contribution < 1.29 is 0 Å². The molecule has 0 saturated carbocycles. The standard InChI is InChI=1S/C76H104/c1-29-45-37-41-51(69(5,6)7)57(65(45)73(17,18)19)61-55-49-35-33-34-36-50(49)56(55)62(58-52(70(8,9)10)42-38-46(30-2)66(58)74(20,21)22)64(60-54(72(14,15)16)44-40-48(32-4)68(60)76(26,27)28)63(61)59-53(71(11,12)13)43-39-47(31-3)67(59)75(23,24)25/h33-44H,29-32H2,1-28H3. The van der Waals surface area contributed by atoms with Crippen molar-refractivity contribution in [2.24, 2.45) is 0 Å². The summed E-state index contributed by atoms with van der Waals surface area (Å²) in [5, 5.41) is 0. The molecule has 0 aromatic heterocycles. The molecule has 0 saturated heterocycles. The Labute approximate surface area is 466 Å². The number of hydrogen-bond donors (Lipinski definition) is 0. The van der Waals surface area contributed by atoms with Crippen LogP contribution in [0, 0.1) is 0 Å². The zero-order valence-corrected chi connectivity index (χ0v) is 53.8. The van der Waals surface area contributed by atoms with E-state index in [9.17, 15) is 0 Å². The lowest BCUT2D eigenvalue weighted by molar-refractivity contribution is 0.564. The molecule has 0 amide bonds. The van der Waals surface area contributed by atoms with Crippen molar-refractivity contribution in [3.05, 3.63) is 140 Å². The first kappa shape index (κ1) is 59.0. The fraction of sp³-hybridized carbons (Fsp3) is 0.526. The second kappa shape index (κ2) is 19.6. The Hall–Kier alpha value is -4.68. The highest BCUT2D eigenvalue weighted by Gasteiger charge is 2.45. The monoisotopic (exact) mass is 1020 g/mol. The third kappa shape index (κ3) is 10.2. The third-order valence-electron chi connectivity index (χ3n) is 16.9. The highest BCUT2D eigenvalue weighted by molar-refractivity contribution is 6.24. The van der Waals surface area contributed by atoms with Gasteiger partial charge in [0, 0.05) is 0 Å². The first-order valence-corrected chi connectivity index (χ1v) is 29.7. The predicted octanol–water partition coefficient (Wildman–Crippen LogP) is 22.6. The SMILES string of the molecule is CCc1ccc(C(C)(C)C)c(-c2c3c(c(-c4c(C(C)(C)C)ccc(CC)c4C(C)(C)C)c(-c4c(C(C)(C)C)ccc(CC)c4C(C)(C)C)c2-c2c(C(C)(C)C)ccc(CC)c2C(C)(C)C)-c2ccccc2-3)c1C(C)(C)C. The molecule has 0 fully saturated rings. The number of hydrogen-bond acceptors (Lipinski definition) is 0. The van der Waals surface area contributed by atoms with Gasteiger partial charge in [0.2, 0.25) is 0 Å². The first-order chi connectivity index (χ1) is 34.7. The number of benzene rings is 6. The highest BCUT2D eigenvalue weighted by Crippen LogP contribution is 2.67. The van der Waals surface area contributed by atoms with Crippen LogP contribution in [0.3, 0.4) is 0 Å². The smallest absolute Gasteiger partial charge is 0.000719 e. The van der Waals surface area contributed by atoms with E-state index in [2.05, 4.69) is 267 Å². The summed E-state index contributed by atoms with van der Waals surface area (Å²) in [6, 6.07) is 29.8. The summed E-state index contributed by atoms with van der Waals surface area (Å²) in [6.07, 6.45) is 3.83. The maximum absolute atomic E-state index is 2.57. The van der Waals surface area contributed by atoms with Gasteiger partial charge in [-0.05, 0) is 203 Å². The van der Waals surface area contributed by atoms with Crippen LogP contribution in [0.1, 0.15) is 261 Å². The van der Waals surface area contributed by atoms with E-state index in [-0.39, 0.29) is 43.3 Å². The number of rotatable bonds is 8. The Morgan fingerprint density at radius 1 is 0.211 bits per heavy atom. The summed E-state index contributed by atoms with van der Waals surface area (Å²) >= 11 is 0. The molecule has 0 spiro atoms. The molecule has 76 heavy (non-hydrogen) atoms. The topological polar surface area (TPSA) is 0 Å². The largest absolute Gasteiger partial charge is 0.0616 e. The van der Waals surface area contributed by atoms with Gasteiger partial charge in [0.15, 0.2) is 0 Å². The minimum absolute atomic E-state index is 0.178. The van der Waals surface area contributed by atoms with Crippen LogP contribution < -0.4 is 0 Å². The van der Waals surface area contributed by atoms with E-state index in [1.807, 2.05) is 0 Å². The Morgan fingerprint density at radius 3 is 0.553 bits per heavy atom. The van der Waals surface area contributed by atoms with E-state index in [4.69, 9.17) is 0 Å². The molecule has 1 aliphatic carbocycles. The van der Waals surface area contributed by atoms with Gasteiger partial charge in [-0.3, -0.25) is 0 Å². The maximum Gasteiger partial charge on any atom is -0.000719 e. The number of aryl methyl sites for hydroxylation is 4. The fourth-order valence-electron chi connectivity index (χ4n) is 13.9. The van der Waals surface area contributed by atoms with Gasteiger partial charge in [0.1, 0.15) is 0 Å². The fourth-order valence-corrected chi connectivity index (χ4v) is 13.9. The van der Waals surface area contributed by atoms with Crippen molar-refractivity contribution in [3.8, 4) is 66.8 Å². The van der Waals surface area contributed by atoms with Gasteiger partial charge in [0.25, 0.3) is 0 Å². The number of fused-ring (bicyclic) bond motifs is 4. The molecular weight excluding hydrogens is 913 g/mol. The van der Waals surface area contributed by atoms with E-state index >= 15 is 0 Å². The summed E-state index contributed by atoms with van der Waals surface area (Å²) in [6.45, 7) is 69.3. The van der Waals surface area contributed by atoms with E-state index < -0.39 is 0 Å². The Morgan fingerprint density at radius 2 is 0.395 bits per heavy atom. The lowest BCUT2D eigenvalue weighted by Gasteiger charge is -2.44. The van der Waals surface area contributed by atoms with Crippen LogP contribution in [0.25, 0.3) is 66.8 Å². The molecule has 0 radical (unpaired) electrons. The molecule has 0 heteroatoms. The van der Waals surface area contributed by atoms with E-state index in [1.54, 1.807) is 0 Å². The van der Waals surface area contributed by atoms with Crippen LogP contribution >= 0.6 is 0 Å². The van der Waals surface area contributed by atoms with Crippen LogP contribution in [0.2, 0.25) is 0 Å². The average molecular weight is 1020 g/mol. The van der Waals surface area contributed by atoms with Crippen molar-refractivity contribution in [1.82, 2.24) is 0 Å². The van der Waals surface area contributed by atoms with Crippen LogP contribution in [0.5, 0.6) is 0 Å². The molecule has 0 unspecified atom stereocenters. The minimum atomic E-state index is -0.206. The molecule has 0 N–H and O–H groups in total. The zero-order chi connectivity index (χ0) is 57.2. The second-order valence-corrected chi connectivity index (χ2v) is 31.3. The van der Waals surface area contributed by atoms with Crippen LogP contribution in [0.4, 0.5) is 0 Å². The van der Waals surface area contributed by atoms with Crippen LogP contribution in [-0.2, 0) is 69.0 Å². The average Bonchev–Trinajstić information content (AvgIpc) is 3.27. The third-order valence-corrected chi connectivity index (χ3v) is 16.9. The van der Waals surface area contributed by atoms with E-state index in [0.29, 0.717) is 0 Å². The molecule has 6 aromatic carbocycles. The Balaban J connectivity index is 2.19.